The lowest BCUT2D eigenvalue weighted by molar-refractivity contribution is -0.0194. The number of methoxy groups -OCH3 is 1. The molecular weight excluding hydrogens is 245 g/mol. The van der Waals surface area contributed by atoms with Gasteiger partial charge in [-0.2, -0.15) is 0 Å². The van der Waals surface area contributed by atoms with E-state index in [1.807, 2.05) is 26.0 Å². The second kappa shape index (κ2) is 5.37. The van der Waals surface area contributed by atoms with Crippen LogP contribution in [0.4, 0.5) is 0 Å². The summed E-state index contributed by atoms with van der Waals surface area (Å²) in [6.45, 7) is 4.00. The first kappa shape index (κ1) is 13.8. The molecule has 4 heteroatoms. The topological polar surface area (TPSA) is 35.2 Å². The second-order valence-electron chi connectivity index (χ2n) is 3.99. The third kappa shape index (κ3) is 2.51. The largest absolute Gasteiger partial charge is 0.377 e. The van der Waals surface area contributed by atoms with E-state index < -0.39 is 5.60 Å². The van der Waals surface area contributed by atoms with E-state index in [1.54, 1.807) is 13.2 Å². The normalized spacial score (nSPS) is 16.9. The third-order valence-electron chi connectivity index (χ3n) is 3.14. The van der Waals surface area contributed by atoms with Gasteiger partial charge in [0, 0.05) is 7.11 Å². The van der Waals surface area contributed by atoms with Gasteiger partial charge in [0.2, 0.25) is 0 Å². The van der Waals surface area contributed by atoms with Crippen LogP contribution in [-0.4, -0.2) is 12.7 Å². The molecule has 0 aliphatic carbocycles. The molecule has 0 fully saturated rings. The van der Waals surface area contributed by atoms with E-state index in [9.17, 15) is 0 Å². The highest BCUT2D eigenvalue weighted by Gasteiger charge is 2.32. The molecule has 0 aliphatic rings. The molecule has 90 valence electrons. The fourth-order valence-corrected chi connectivity index (χ4v) is 2.01. The molecule has 2 atom stereocenters. The number of rotatable bonds is 4. The minimum Gasteiger partial charge on any atom is -0.377 e. The van der Waals surface area contributed by atoms with Crippen molar-refractivity contribution >= 4 is 23.2 Å². The summed E-state index contributed by atoms with van der Waals surface area (Å²) in [6.07, 6.45) is 0.799. The van der Waals surface area contributed by atoms with Crippen LogP contribution in [0, 0.1) is 0 Å². The van der Waals surface area contributed by atoms with Crippen molar-refractivity contribution in [3.8, 4) is 0 Å². The minimum absolute atomic E-state index is 0.298. The number of nitrogens with two attached hydrogens (primary N) is 1. The molecule has 0 spiro atoms. The van der Waals surface area contributed by atoms with Gasteiger partial charge in [-0.05, 0) is 25.0 Å². The lowest BCUT2D eigenvalue weighted by Crippen LogP contribution is -2.39. The van der Waals surface area contributed by atoms with Crippen LogP contribution in [0.5, 0.6) is 0 Å². The van der Waals surface area contributed by atoms with E-state index in [0.29, 0.717) is 10.0 Å². The van der Waals surface area contributed by atoms with Crippen molar-refractivity contribution in [1.82, 2.24) is 0 Å². The molecule has 0 aliphatic heterocycles. The van der Waals surface area contributed by atoms with E-state index in [0.717, 1.165) is 12.0 Å². The SMILES string of the molecule is CCC(C)(OC)C(N)c1cccc(Cl)c1Cl. The smallest absolute Gasteiger partial charge is 0.0840 e. The Morgan fingerprint density at radius 2 is 2.06 bits per heavy atom. The molecule has 16 heavy (non-hydrogen) atoms. The summed E-state index contributed by atoms with van der Waals surface area (Å²) in [4.78, 5) is 0. The maximum atomic E-state index is 6.20. The quantitative estimate of drug-likeness (QED) is 0.895. The highest BCUT2D eigenvalue weighted by Crippen LogP contribution is 2.36. The van der Waals surface area contributed by atoms with Crippen molar-refractivity contribution in [1.29, 1.82) is 0 Å². The number of ether oxygens (including phenoxy) is 1. The molecule has 0 bridgehead atoms. The summed E-state index contributed by atoms with van der Waals surface area (Å²) in [5.74, 6) is 0. The van der Waals surface area contributed by atoms with Gasteiger partial charge in [-0.15, -0.1) is 0 Å². The molecule has 0 heterocycles. The van der Waals surface area contributed by atoms with E-state index >= 15 is 0 Å². The number of halogens is 2. The predicted octanol–water partition coefficient (Wildman–Crippen LogP) is 3.81. The van der Waals surface area contributed by atoms with E-state index in [2.05, 4.69) is 0 Å². The molecule has 2 unspecified atom stereocenters. The first-order valence-corrected chi connectivity index (χ1v) is 5.96. The van der Waals surface area contributed by atoms with Crippen molar-refractivity contribution < 1.29 is 4.74 Å². The number of benzene rings is 1. The Balaban J connectivity index is 3.13. The fraction of sp³-hybridized carbons (Fsp3) is 0.500. The van der Waals surface area contributed by atoms with Gasteiger partial charge in [-0.1, -0.05) is 42.3 Å². The van der Waals surface area contributed by atoms with Crippen LogP contribution in [0.2, 0.25) is 10.0 Å². The van der Waals surface area contributed by atoms with E-state index in [-0.39, 0.29) is 6.04 Å². The molecule has 2 N–H and O–H groups in total. The molecule has 1 aromatic rings. The van der Waals surface area contributed by atoms with Crippen LogP contribution in [0.25, 0.3) is 0 Å². The zero-order valence-corrected chi connectivity index (χ0v) is 11.3. The first-order chi connectivity index (χ1) is 7.46. The van der Waals surface area contributed by atoms with Gasteiger partial charge in [0.25, 0.3) is 0 Å². The maximum Gasteiger partial charge on any atom is 0.0840 e. The summed E-state index contributed by atoms with van der Waals surface area (Å²) in [5.41, 5.74) is 6.58. The lowest BCUT2D eigenvalue weighted by atomic mass is 9.88. The Bertz CT molecular complexity index is 364. The maximum absolute atomic E-state index is 6.20. The predicted molar refractivity (Wildman–Crippen MR) is 69.1 cm³/mol. The minimum atomic E-state index is -0.436. The summed E-state index contributed by atoms with van der Waals surface area (Å²) >= 11 is 12.1. The molecule has 2 nitrogen and oxygen atoms in total. The molecule has 1 rings (SSSR count). The standard InChI is InChI=1S/C12H17Cl2NO/c1-4-12(2,16-3)11(15)8-6-5-7-9(13)10(8)14/h5-7,11H,4,15H2,1-3H3. The molecule has 0 saturated heterocycles. The van der Waals surface area contributed by atoms with E-state index in [4.69, 9.17) is 33.7 Å². The fourth-order valence-electron chi connectivity index (χ4n) is 1.58. The monoisotopic (exact) mass is 261 g/mol. The van der Waals surface area contributed by atoms with Crippen LogP contribution in [-0.2, 0) is 4.74 Å². The highest BCUT2D eigenvalue weighted by atomic mass is 35.5. The van der Waals surface area contributed by atoms with Gasteiger partial charge in [-0.3, -0.25) is 0 Å². The van der Waals surface area contributed by atoms with Crippen LogP contribution in [0.3, 0.4) is 0 Å². The molecule has 0 aromatic heterocycles. The van der Waals surface area contributed by atoms with Crippen molar-refractivity contribution in [2.45, 2.75) is 31.9 Å². The van der Waals surface area contributed by atoms with Crippen LogP contribution >= 0.6 is 23.2 Å². The summed E-state index contributed by atoms with van der Waals surface area (Å²) in [6, 6.07) is 5.17. The molecule has 0 radical (unpaired) electrons. The van der Waals surface area contributed by atoms with Gasteiger partial charge in [0.1, 0.15) is 0 Å². The highest BCUT2D eigenvalue weighted by molar-refractivity contribution is 6.42. The molecule has 0 amide bonds. The van der Waals surface area contributed by atoms with Gasteiger partial charge in [0.05, 0.1) is 21.7 Å². The van der Waals surface area contributed by atoms with Crippen molar-refractivity contribution in [2.24, 2.45) is 5.73 Å². The van der Waals surface area contributed by atoms with Gasteiger partial charge >= 0.3 is 0 Å². The average Bonchev–Trinajstić information content (AvgIpc) is 2.31. The Kier molecular flexibility index (Phi) is 4.62. The van der Waals surface area contributed by atoms with Crippen molar-refractivity contribution in [3.63, 3.8) is 0 Å². The second-order valence-corrected chi connectivity index (χ2v) is 4.78. The van der Waals surface area contributed by atoms with Crippen LogP contribution < -0.4 is 5.73 Å². The van der Waals surface area contributed by atoms with E-state index in [1.165, 1.54) is 0 Å². The summed E-state index contributed by atoms with van der Waals surface area (Å²) in [7, 11) is 1.65. The molecule has 0 saturated carbocycles. The van der Waals surface area contributed by atoms with Gasteiger partial charge in [-0.25, -0.2) is 0 Å². The summed E-state index contributed by atoms with van der Waals surface area (Å²) < 4.78 is 5.47. The lowest BCUT2D eigenvalue weighted by Gasteiger charge is -2.34. The Hall–Kier alpha value is -0.280. The average molecular weight is 262 g/mol. The Morgan fingerprint density at radius 1 is 1.44 bits per heavy atom. The third-order valence-corrected chi connectivity index (χ3v) is 3.98. The zero-order valence-electron chi connectivity index (χ0n) is 9.76. The molecule has 1 aromatic carbocycles. The number of hydrogen-bond donors (Lipinski definition) is 1. The Morgan fingerprint density at radius 3 is 2.56 bits per heavy atom. The Labute approximate surface area is 107 Å². The van der Waals surface area contributed by atoms with Gasteiger partial charge in [0.15, 0.2) is 0 Å². The van der Waals surface area contributed by atoms with Gasteiger partial charge < -0.3 is 10.5 Å². The van der Waals surface area contributed by atoms with Crippen LogP contribution in [0.1, 0.15) is 31.9 Å². The van der Waals surface area contributed by atoms with Crippen LogP contribution in [0.15, 0.2) is 18.2 Å². The van der Waals surface area contributed by atoms with Crippen molar-refractivity contribution in [2.75, 3.05) is 7.11 Å². The summed E-state index contributed by atoms with van der Waals surface area (Å²) in [5, 5.41) is 1.03. The number of hydrogen-bond acceptors (Lipinski definition) is 2. The zero-order chi connectivity index (χ0) is 12.3. The molecular formula is C12H17Cl2NO. The first-order valence-electron chi connectivity index (χ1n) is 5.21. The van der Waals surface area contributed by atoms with Crippen molar-refractivity contribution in [3.05, 3.63) is 33.8 Å².